The number of nitrogens with zero attached hydrogens (tertiary/aromatic N) is 1. The van der Waals surface area contributed by atoms with E-state index >= 15 is 0 Å². The van der Waals surface area contributed by atoms with E-state index in [4.69, 9.17) is 7.85 Å². The van der Waals surface area contributed by atoms with Gasteiger partial charge in [-0.25, -0.2) is 9.37 Å². The van der Waals surface area contributed by atoms with E-state index in [1.54, 1.807) is 24.5 Å². The molecule has 0 spiro atoms. The molecule has 32 heavy (non-hydrogen) atoms. The first-order valence-corrected chi connectivity index (χ1v) is 11.3. The summed E-state index contributed by atoms with van der Waals surface area (Å²) in [5, 5.41) is 0. The Balaban J connectivity index is 0.000000182. The van der Waals surface area contributed by atoms with E-state index in [-0.39, 0.29) is 5.82 Å². The predicted octanol–water partition coefficient (Wildman–Crippen LogP) is 6.89. The summed E-state index contributed by atoms with van der Waals surface area (Å²) in [6.45, 7) is 2.02. The van der Waals surface area contributed by atoms with Crippen LogP contribution in [0.2, 0.25) is 6.32 Å². The van der Waals surface area contributed by atoms with Crippen molar-refractivity contribution < 1.29 is 4.39 Å². The topological polar surface area (TPSA) is 28.7 Å². The van der Waals surface area contributed by atoms with Gasteiger partial charge in [0.15, 0.2) is 0 Å². The van der Waals surface area contributed by atoms with Crippen molar-refractivity contribution in [3.63, 3.8) is 0 Å². The number of aromatic nitrogens is 2. The SMILES string of the molecule is CCc1cc(F)cc(Cc2ncc[nH]2)c1.[B]CCCC(c1ccccc1)c1ccccc1. The van der Waals surface area contributed by atoms with Crippen LogP contribution >= 0.6 is 0 Å². The van der Waals surface area contributed by atoms with Gasteiger partial charge in [0.25, 0.3) is 0 Å². The van der Waals surface area contributed by atoms with Crippen LogP contribution < -0.4 is 0 Å². The van der Waals surface area contributed by atoms with Crippen LogP contribution in [0.15, 0.2) is 91.3 Å². The molecule has 2 nitrogen and oxygen atoms in total. The van der Waals surface area contributed by atoms with E-state index in [0.29, 0.717) is 12.3 Å². The molecule has 4 aromatic rings. The van der Waals surface area contributed by atoms with Crippen molar-refractivity contribution in [2.75, 3.05) is 0 Å². The molecule has 162 valence electrons. The monoisotopic (exact) mass is 424 g/mol. The van der Waals surface area contributed by atoms with Crippen molar-refractivity contribution in [2.45, 2.75) is 44.8 Å². The van der Waals surface area contributed by atoms with Crippen LogP contribution in [0, 0.1) is 5.82 Å². The van der Waals surface area contributed by atoms with Crippen LogP contribution in [-0.2, 0) is 12.8 Å². The van der Waals surface area contributed by atoms with Crippen molar-refractivity contribution in [2.24, 2.45) is 0 Å². The Hall–Kier alpha value is -3.14. The van der Waals surface area contributed by atoms with Crippen LogP contribution in [0.5, 0.6) is 0 Å². The van der Waals surface area contributed by atoms with Crippen molar-refractivity contribution in [1.29, 1.82) is 0 Å². The van der Waals surface area contributed by atoms with E-state index in [2.05, 4.69) is 70.6 Å². The quantitative estimate of drug-likeness (QED) is 0.307. The molecule has 3 aromatic carbocycles. The van der Waals surface area contributed by atoms with E-state index in [0.717, 1.165) is 42.5 Å². The molecule has 0 amide bonds. The summed E-state index contributed by atoms with van der Waals surface area (Å²) >= 11 is 0. The molecule has 4 rings (SSSR count). The average Bonchev–Trinajstić information content (AvgIpc) is 3.34. The summed E-state index contributed by atoms with van der Waals surface area (Å²) in [4.78, 5) is 7.13. The molecule has 0 unspecified atom stereocenters. The first-order chi connectivity index (χ1) is 15.7. The molecule has 0 aliphatic heterocycles. The largest absolute Gasteiger partial charge is 0.348 e. The number of hydrogen-bond acceptors (Lipinski definition) is 1. The number of aryl methyl sites for hydroxylation is 1. The minimum absolute atomic E-state index is 0.170. The molecule has 0 aliphatic carbocycles. The van der Waals surface area contributed by atoms with E-state index in [1.165, 1.54) is 11.1 Å². The second kappa shape index (κ2) is 12.7. The summed E-state index contributed by atoms with van der Waals surface area (Å²) in [5.41, 5.74) is 4.75. The summed E-state index contributed by atoms with van der Waals surface area (Å²) in [6.07, 6.45) is 7.92. The highest BCUT2D eigenvalue weighted by atomic mass is 19.1. The zero-order valence-electron chi connectivity index (χ0n) is 18.7. The number of aromatic amines is 1. The molecule has 1 heterocycles. The lowest BCUT2D eigenvalue weighted by atomic mass is 9.85. The van der Waals surface area contributed by atoms with Gasteiger partial charge in [0, 0.05) is 24.7 Å². The Bertz CT molecular complexity index is 994. The molecule has 0 saturated heterocycles. The first kappa shape index (κ1) is 23.5. The third-order valence-electron chi connectivity index (χ3n) is 5.45. The van der Waals surface area contributed by atoms with Gasteiger partial charge in [-0.15, -0.1) is 0 Å². The van der Waals surface area contributed by atoms with Crippen molar-refractivity contribution in [1.82, 2.24) is 9.97 Å². The lowest BCUT2D eigenvalue weighted by Gasteiger charge is -2.17. The maximum atomic E-state index is 13.2. The van der Waals surface area contributed by atoms with Gasteiger partial charge < -0.3 is 4.98 Å². The Labute approximate surface area is 192 Å². The van der Waals surface area contributed by atoms with Gasteiger partial charge in [0.05, 0.1) is 7.85 Å². The highest BCUT2D eigenvalue weighted by Crippen LogP contribution is 2.29. The lowest BCUT2D eigenvalue weighted by Crippen LogP contribution is -2.00. The normalized spacial score (nSPS) is 10.6. The molecule has 0 bridgehead atoms. The summed E-state index contributed by atoms with van der Waals surface area (Å²) < 4.78 is 13.2. The van der Waals surface area contributed by atoms with Gasteiger partial charge >= 0.3 is 0 Å². The number of rotatable bonds is 8. The Morgan fingerprint density at radius 2 is 1.53 bits per heavy atom. The number of imidazole rings is 1. The van der Waals surface area contributed by atoms with Gasteiger partial charge in [-0.05, 0) is 47.2 Å². The fourth-order valence-corrected chi connectivity index (χ4v) is 3.83. The number of benzene rings is 3. The van der Waals surface area contributed by atoms with Crippen molar-refractivity contribution in [3.8, 4) is 0 Å². The molecule has 0 fully saturated rings. The van der Waals surface area contributed by atoms with Crippen molar-refractivity contribution in [3.05, 3.63) is 125 Å². The zero-order valence-corrected chi connectivity index (χ0v) is 18.7. The molecular weight excluding hydrogens is 394 g/mol. The average molecular weight is 424 g/mol. The van der Waals surface area contributed by atoms with Gasteiger partial charge in [-0.2, -0.15) is 0 Å². The van der Waals surface area contributed by atoms with E-state index < -0.39 is 0 Å². The van der Waals surface area contributed by atoms with Gasteiger partial charge in [0.2, 0.25) is 0 Å². The maximum Gasteiger partial charge on any atom is 0.123 e. The Morgan fingerprint density at radius 1 is 0.906 bits per heavy atom. The lowest BCUT2D eigenvalue weighted by molar-refractivity contribution is 0.623. The van der Waals surface area contributed by atoms with Crippen LogP contribution in [0.25, 0.3) is 0 Å². The molecule has 0 aliphatic rings. The summed E-state index contributed by atoms with van der Waals surface area (Å²) in [7, 11) is 5.63. The minimum Gasteiger partial charge on any atom is -0.348 e. The van der Waals surface area contributed by atoms with Crippen LogP contribution in [-0.4, -0.2) is 17.8 Å². The molecule has 2 radical (unpaired) electrons. The summed E-state index contributed by atoms with van der Waals surface area (Å²) in [6, 6.07) is 26.5. The highest BCUT2D eigenvalue weighted by molar-refractivity contribution is 6.08. The number of halogens is 1. The third-order valence-corrected chi connectivity index (χ3v) is 5.45. The second-order valence-electron chi connectivity index (χ2n) is 7.84. The standard InChI is InChI=1S/C16H17B.C12H13FN2/c17-13-7-12-16(14-8-3-1-4-9-14)15-10-5-2-6-11-15;1-2-9-5-10(7-11(13)6-9)8-12-14-3-4-15-12/h1-6,8-11,16H,7,12-13H2;3-7H,2,8H2,1H3,(H,14,15). The smallest absolute Gasteiger partial charge is 0.123 e. The fraction of sp³-hybridized carbons (Fsp3) is 0.250. The molecule has 1 aromatic heterocycles. The van der Waals surface area contributed by atoms with Crippen LogP contribution in [0.1, 0.15) is 53.8 Å². The van der Waals surface area contributed by atoms with Crippen LogP contribution in [0.3, 0.4) is 0 Å². The fourth-order valence-electron chi connectivity index (χ4n) is 3.83. The van der Waals surface area contributed by atoms with Gasteiger partial charge in [-0.3, -0.25) is 0 Å². The Morgan fingerprint density at radius 3 is 2.06 bits per heavy atom. The third kappa shape index (κ3) is 7.23. The molecule has 0 atom stereocenters. The minimum atomic E-state index is -0.170. The number of hydrogen-bond donors (Lipinski definition) is 1. The maximum absolute atomic E-state index is 13.2. The molecule has 0 saturated carbocycles. The van der Waals surface area contributed by atoms with Crippen molar-refractivity contribution >= 4 is 7.85 Å². The number of H-pyrrole nitrogens is 1. The molecule has 4 heteroatoms. The van der Waals surface area contributed by atoms with E-state index in [9.17, 15) is 4.39 Å². The highest BCUT2D eigenvalue weighted by Gasteiger charge is 2.12. The molecular formula is C28H30BFN2. The molecule has 1 N–H and O–H groups in total. The first-order valence-electron chi connectivity index (χ1n) is 11.3. The zero-order chi connectivity index (χ0) is 22.6. The van der Waals surface area contributed by atoms with E-state index in [1.807, 2.05) is 13.0 Å². The summed E-state index contributed by atoms with van der Waals surface area (Å²) in [5.74, 6) is 1.17. The second-order valence-corrected chi connectivity index (χ2v) is 7.84. The van der Waals surface area contributed by atoms with Gasteiger partial charge in [0.1, 0.15) is 11.6 Å². The number of nitrogens with one attached hydrogen (secondary N) is 1. The Kier molecular flexibility index (Phi) is 9.30. The van der Waals surface area contributed by atoms with Gasteiger partial charge in [-0.1, -0.05) is 86.4 Å². The predicted molar refractivity (Wildman–Crippen MR) is 132 cm³/mol. The van der Waals surface area contributed by atoms with Crippen LogP contribution in [0.4, 0.5) is 4.39 Å².